The van der Waals surface area contributed by atoms with Gasteiger partial charge in [-0.15, -0.1) is 0 Å². The van der Waals surface area contributed by atoms with E-state index in [0.29, 0.717) is 41.7 Å². The van der Waals surface area contributed by atoms with Gasteiger partial charge in [0.2, 0.25) is 0 Å². The molecule has 6 aromatic heterocycles. The molecule has 3 N–H and O–H groups in total. The third-order valence-electron chi connectivity index (χ3n) is 11.5. The van der Waals surface area contributed by atoms with Crippen LogP contribution in [0.4, 0.5) is 11.6 Å². The number of aliphatic carboxylic acids is 1. The van der Waals surface area contributed by atoms with Crippen molar-refractivity contribution in [2.24, 2.45) is 0 Å². The largest absolute Gasteiger partial charge is 0.481 e. The van der Waals surface area contributed by atoms with Gasteiger partial charge in [0, 0.05) is 48.3 Å². The molecule has 13 nitrogen and oxygen atoms in total. The minimum absolute atomic E-state index is 0.264. The van der Waals surface area contributed by atoms with Gasteiger partial charge in [-0.1, -0.05) is 97.1 Å². The first-order chi connectivity index (χ1) is 33.8. The van der Waals surface area contributed by atoms with Crippen molar-refractivity contribution in [1.82, 2.24) is 39.9 Å². The van der Waals surface area contributed by atoms with E-state index in [0.717, 1.165) is 72.4 Å². The molecule has 0 saturated carbocycles. The van der Waals surface area contributed by atoms with Crippen LogP contribution in [-0.4, -0.2) is 50.9 Å². The SMILES string of the molecule is CC(C#N)c1cncc(-c2nc(NCc3ccccn3)c3c(-c4ccccc4)cccc3n2)c1.CC(C(=O)O)c1cncc(-c2nc(NCc3ccccn3)c3c(-c4ccccc4)cccc3n2)c1. The number of nitrogens with one attached hydrogen (secondary N) is 2. The average molecular weight is 904 g/mol. The molecule has 10 aromatic rings. The van der Waals surface area contributed by atoms with E-state index in [1.807, 2.05) is 110 Å². The Morgan fingerprint density at radius 3 is 1.46 bits per heavy atom. The summed E-state index contributed by atoms with van der Waals surface area (Å²) in [5.41, 5.74) is 10.5. The van der Waals surface area contributed by atoms with Gasteiger partial charge in [0.25, 0.3) is 0 Å². The third kappa shape index (κ3) is 10.4. The predicted molar refractivity (Wildman–Crippen MR) is 270 cm³/mol. The average Bonchev–Trinajstić information content (AvgIpc) is 3.42. The Balaban J connectivity index is 0.000000172. The van der Waals surface area contributed by atoms with Gasteiger partial charge >= 0.3 is 5.97 Å². The lowest BCUT2D eigenvalue weighted by molar-refractivity contribution is -0.138. The first kappa shape index (κ1) is 44.9. The van der Waals surface area contributed by atoms with Crippen LogP contribution in [-0.2, 0) is 17.9 Å². The normalized spacial score (nSPS) is 11.7. The minimum Gasteiger partial charge on any atom is -0.481 e. The maximum absolute atomic E-state index is 11.5. The van der Waals surface area contributed by atoms with Crippen LogP contribution < -0.4 is 10.6 Å². The van der Waals surface area contributed by atoms with Crippen molar-refractivity contribution in [3.63, 3.8) is 0 Å². The summed E-state index contributed by atoms with van der Waals surface area (Å²) < 4.78 is 0. The number of rotatable bonds is 13. The lowest BCUT2D eigenvalue weighted by Crippen LogP contribution is -2.08. The van der Waals surface area contributed by atoms with Crippen molar-refractivity contribution in [3.05, 3.63) is 205 Å². The van der Waals surface area contributed by atoms with Crippen LogP contribution >= 0.6 is 0 Å². The van der Waals surface area contributed by atoms with Crippen molar-refractivity contribution in [1.29, 1.82) is 5.26 Å². The maximum Gasteiger partial charge on any atom is 0.310 e. The second kappa shape index (κ2) is 20.9. The number of carbonyl (C=O) groups is 1. The minimum atomic E-state index is -0.909. The number of aromatic nitrogens is 8. The molecule has 0 radical (unpaired) electrons. The molecule has 0 fully saturated rings. The molecule has 0 aliphatic rings. The molecule has 2 atom stereocenters. The number of carboxylic acids is 1. The van der Waals surface area contributed by atoms with Gasteiger partial charge in [0.1, 0.15) is 11.6 Å². The molecular weight excluding hydrogens is 859 g/mol. The zero-order valence-electron chi connectivity index (χ0n) is 37.8. The summed E-state index contributed by atoms with van der Waals surface area (Å²) >= 11 is 0. The predicted octanol–water partition coefficient (Wildman–Crippen LogP) is 11.5. The summed E-state index contributed by atoms with van der Waals surface area (Å²) in [6, 6.07) is 50.1. The monoisotopic (exact) mass is 903 g/mol. The first-order valence-corrected chi connectivity index (χ1v) is 22.4. The quantitative estimate of drug-likeness (QED) is 0.0992. The van der Waals surface area contributed by atoms with Crippen LogP contribution in [0.15, 0.2) is 183 Å². The number of benzene rings is 4. The molecule has 0 amide bonds. The second-order valence-electron chi connectivity index (χ2n) is 16.2. The van der Waals surface area contributed by atoms with Crippen molar-refractivity contribution < 1.29 is 9.90 Å². The summed E-state index contributed by atoms with van der Waals surface area (Å²) in [6.07, 6.45) is 10.2. The highest BCUT2D eigenvalue weighted by molar-refractivity contribution is 6.03. The Hall–Kier alpha value is -9.28. The van der Waals surface area contributed by atoms with Crippen LogP contribution in [0.25, 0.3) is 66.8 Å². The van der Waals surface area contributed by atoms with Crippen molar-refractivity contribution in [2.75, 3.05) is 10.6 Å². The molecule has 0 spiro atoms. The Morgan fingerprint density at radius 1 is 0.551 bits per heavy atom. The second-order valence-corrected chi connectivity index (χ2v) is 16.2. The number of hydrogen-bond acceptors (Lipinski definition) is 12. The highest BCUT2D eigenvalue weighted by Crippen LogP contribution is 2.36. The zero-order chi connectivity index (χ0) is 47.5. The molecule has 6 heterocycles. The summed E-state index contributed by atoms with van der Waals surface area (Å²) in [4.78, 5) is 48.5. The lowest BCUT2D eigenvalue weighted by atomic mass is 10.00. The smallest absolute Gasteiger partial charge is 0.310 e. The number of anilines is 2. The Labute approximate surface area is 398 Å². The van der Waals surface area contributed by atoms with Crippen LogP contribution in [0.5, 0.6) is 0 Å². The molecule has 0 saturated heterocycles. The summed E-state index contributed by atoms with van der Waals surface area (Å²) in [5.74, 6) is 0.566. The summed E-state index contributed by atoms with van der Waals surface area (Å²) in [6.45, 7) is 4.51. The van der Waals surface area contributed by atoms with E-state index in [2.05, 4.69) is 73.0 Å². The molecule has 4 aromatic carbocycles. The fourth-order valence-corrected chi connectivity index (χ4v) is 7.80. The topological polar surface area (TPSA) is 188 Å². The van der Waals surface area contributed by atoms with Crippen molar-refractivity contribution in [2.45, 2.75) is 38.8 Å². The molecule has 10 rings (SSSR count). The molecular formula is C56H45N11O2. The summed E-state index contributed by atoms with van der Waals surface area (Å²) in [5, 5.41) is 27.5. The number of carboxylic acid groups (broad SMARTS) is 1. The van der Waals surface area contributed by atoms with E-state index < -0.39 is 11.9 Å². The van der Waals surface area contributed by atoms with Crippen molar-refractivity contribution >= 4 is 39.4 Å². The number of fused-ring (bicyclic) bond motifs is 2. The fraction of sp³-hybridized carbons (Fsp3) is 0.107. The molecule has 0 aliphatic carbocycles. The molecule has 13 heteroatoms. The van der Waals surface area contributed by atoms with E-state index >= 15 is 0 Å². The van der Waals surface area contributed by atoms with Crippen LogP contribution in [0.1, 0.15) is 48.2 Å². The van der Waals surface area contributed by atoms with Crippen LogP contribution in [0, 0.1) is 11.3 Å². The van der Waals surface area contributed by atoms with Crippen LogP contribution in [0.2, 0.25) is 0 Å². The molecule has 336 valence electrons. The van der Waals surface area contributed by atoms with E-state index in [-0.39, 0.29) is 5.92 Å². The highest BCUT2D eigenvalue weighted by atomic mass is 16.4. The number of hydrogen-bond donors (Lipinski definition) is 3. The van der Waals surface area contributed by atoms with Crippen LogP contribution in [0.3, 0.4) is 0 Å². The molecule has 2 unspecified atom stereocenters. The van der Waals surface area contributed by atoms with E-state index in [1.165, 1.54) is 0 Å². The Kier molecular flexibility index (Phi) is 13.6. The summed E-state index contributed by atoms with van der Waals surface area (Å²) in [7, 11) is 0. The van der Waals surface area contributed by atoms with Gasteiger partial charge in [-0.25, -0.2) is 19.9 Å². The van der Waals surface area contributed by atoms with Gasteiger partial charge in [-0.05, 0) is 95.8 Å². The van der Waals surface area contributed by atoms with Gasteiger partial charge < -0.3 is 15.7 Å². The van der Waals surface area contributed by atoms with Gasteiger partial charge in [0.15, 0.2) is 11.6 Å². The Morgan fingerprint density at radius 2 is 1.01 bits per heavy atom. The third-order valence-corrected chi connectivity index (χ3v) is 11.5. The number of pyridine rings is 4. The first-order valence-electron chi connectivity index (χ1n) is 22.4. The van der Waals surface area contributed by atoms with Crippen molar-refractivity contribution in [3.8, 4) is 51.1 Å². The van der Waals surface area contributed by atoms with E-state index in [1.54, 1.807) is 50.2 Å². The highest BCUT2D eigenvalue weighted by Gasteiger charge is 2.19. The van der Waals surface area contributed by atoms with Gasteiger partial charge in [-0.3, -0.25) is 24.7 Å². The molecule has 0 aliphatic heterocycles. The van der Waals surface area contributed by atoms with Gasteiger partial charge in [-0.2, -0.15) is 5.26 Å². The van der Waals surface area contributed by atoms with Gasteiger partial charge in [0.05, 0.1) is 64.2 Å². The Bertz CT molecular complexity index is 3430. The number of nitriles is 1. The zero-order valence-corrected chi connectivity index (χ0v) is 37.8. The maximum atomic E-state index is 11.5. The standard InChI is InChI=1S/C28H22N6.C28H23N5O2/c1-19(15-29)21-14-22(17-30-16-21)27-33-25-12-7-11-24(20-8-3-2-4-9-20)26(25)28(34-27)32-18-23-10-5-6-13-31-23;1-18(28(34)35)20-14-21(16-29-15-20)26-32-24-12-7-11-23(19-8-3-2-4-9-19)25(24)27(33-26)31-17-22-10-5-6-13-30-22/h2-14,16-17,19H,18H2,1H3,(H,32,33,34);2-16,18H,17H2,1H3,(H,34,35)(H,31,32,33). The lowest BCUT2D eigenvalue weighted by Gasteiger charge is -2.15. The van der Waals surface area contributed by atoms with E-state index in [9.17, 15) is 15.2 Å². The fourth-order valence-electron chi connectivity index (χ4n) is 7.80. The number of nitrogens with zero attached hydrogens (tertiary/aromatic N) is 9. The van der Waals surface area contributed by atoms with E-state index in [4.69, 9.17) is 19.9 Å². The molecule has 69 heavy (non-hydrogen) atoms. The molecule has 0 bridgehead atoms.